The first-order valence-corrected chi connectivity index (χ1v) is 5.98. The van der Waals surface area contributed by atoms with E-state index in [1.165, 1.54) is 0 Å². The van der Waals surface area contributed by atoms with Gasteiger partial charge in [-0.1, -0.05) is 12.1 Å². The molecule has 0 aliphatic carbocycles. The van der Waals surface area contributed by atoms with Gasteiger partial charge in [0.25, 0.3) is 5.91 Å². The van der Waals surface area contributed by atoms with Crippen molar-refractivity contribution >= 4 is 11.6 Å². The van der Waals surface area contributed by atoms with E-state index in [1.54, 1.807) is 43.7 Å². The number of carbonyl (C=O) groups is 1. The molecule has 0 aliphatic rings. The second-order valence-corrected chi connectivity index (χ2v) is 4.30. The quantitative estimate of drug-likeness (QED) is 0.906. The largest absolute Gasteiger partial charge is 0.379 e. The van der Waals surface area contributed by atoms with Gasteiger partial charge in [0, 0.05) is 32.2 Å². The van der Waals surface area contributed by atoms with Crippen molar-refractivity contribution in [3.63, 3.8) is 0 Å². The number of aromatic nitrogens is 2. The number of benzene rings is 1. The van der Waals surface area contributed by atoms with Gasteiger partial charge < -0.3 is 10.2 Å². The maximum absolute atomic E-state index is 12.0. The molecule has 0 bridgehead atoms. The predicted molar refractivity (Wildman–Crippen MR) is 73.8 cm³/mol. The second-order valence-electron chi connectivity index (χ2n) is 4.30. The fraction of sp³-hybridized carbons (Fsp3) is 0.214. The van der Waals surface area contributed by atoms with Gasteiger partial charge in [0.1, 0.15) is 0 Å². The van der Waals surface area contributed by atoms with E-state index in [1.807, 2.05) is 18.2 Å². The Morgan fingerprint density at radius 2 is 2.05 bits per heavy atom. The van der Waals surface area contributed by atoms with E-state index < -0.39 is 0 Å². The zero-order valence-corrected chi connectivity index (χ0v) is 11.0. The summed E-state index contributed by atoms with van der Waals surface area (Å²) in [4.78, 5) is 21.8. The number of hydrogen-bond donors (Lipinski definition) is 1. The summed E-state index contributed by atoms with van der Waals surface area (Å²) in [5.41, 5.74) is 2.28. The van der Waals surface area contributed by atoms with Crippen LogP contribution in [0.15, 0.2) is 42.9 Å². The zero-order chi connectivity index (χ0) is 13.7. The normalized spacial score (nSPS) is 10.0. The molecule has 5 heteroatoms. The molecule has 0 fully saturated rings. The summed E-state index contributed by atoms with van der Waals surface area (Å²) in [5, 5.41) is 3.22. The van der Waals surface area contributed by atoms with Crippen molar-refractivity contribution in [3.05, 3.63) is 54.1 Å². The Kier molecular flexibility index (Phi) is 4.07. The van der Waals surface area contributed by atoms with Crippen LogP contribution in [0.2, 0.25) is 0 Å². The fourth-order valence-corrected chi connectivity index (χ4v) is 1.67. The number of nitrogens with one attached hydrogen (secondary N) is 1. The highest BCUT2D eigenvalue weighted by molar-refractivity contribution is 5.99. The smallest absolute Gasteiger partial charge is 0.255 e. The van der Waals surface area contributed by atoms with E-state index in [0.717, 1.165) is 11.4 Å². The molecular formula is C14H16N4O. The van der Waals surface area contributed by atoms with E-state index in [4.69, 9.17) is 0 Å². The molecule has 19 heavy (non-hydrogen) atoms. The minimum atomic E-state index is -0.0257. The molecule has 5 nitrogen and oxygen atoms in total. The summed E-state index contributed by atoms with van der Waals surface area (Å²) in [5.74, 6) is -0.0257. The second kappa shape index (κ2) is 5.95. The van der Waals surface area contributed by atoms with Crippen molar-refractivity contribution in [2.45, 2.75) is 6.54 Å². The summed E-state index contributed by atoms with van der Waals surface area (Å²) >= 11 is 0. The van der Waals surface area contributed by atoms with Crippen LogP contribution in [0.1, 0.15) is 16.1 Å². The van der Waals surface area contributed by atoms with Crippen molar-refractivity contribution in [3.8, 4) is 0 Å². The molecule has 0 radical (unpaired) electrons. The lowest BCUT2D eigenvalue weighted by molar-refractivity contribution is 0.0828. The van der Waals surface area contributed by atoms with Crippen molar-refractivity contribution in [1.82, 2.24) is 14.9 Å². The van der Waals surface area contributed by atoms with E-state index in [0.29, 0.717) is 12.1 Å². The van der Waals surface area contributed by atoms with Crippen molar-refractivity contribution in [1.29, 1.82) is 0 Å². The fourth-order valence-electron chi connectivity index (χ4n) is 1.67. The molecule has 0 spiro atoms. The number of nitrogens with zero attached hydrogens (tertiary/aromatic N) is 3. The Balaban J connectivity index is 2.14. The van der Waals surface area contributed by atoms with Gasteiger partial charge in [-0.2, -0.15) is 0 Å². The Morgan fingerprint density at radius 3 is 2.74 bits per heavy atom. The molecule has 98 valence electrons. The zero-order valence-electron chi connectivity index (χ0n) is 11.0. The number of carbonyl (C=O) groups excluding carboxylic acids is 1. The Hall–Kier alpha value is -2.43. The molecule has 1 aromatic carbocycles. The number of hydrogen-bond acceptors (Lipinski definition) is 4. The van der Waals surface area contributed by atoms with Crippen LogP contribution < -0.4 is 5.32 Å². The lowest BCUT2D eigenvalue weighted by Crippen LogP contribution is -2.22. The summed E-state index contributed by atoms with van der Waals surface area (Å²) in [6, 6.07) is 7.43. The summed E-state index contributed by atoms with van der Waals surface area (Å²) in [6.45, 7) is 0.533. The molecule has 0 atom stereocenters. The van der Waals surface area contributed by atoms with Gasteiger partial charge >= 0.3 is 0 Å². The van der Waals surface area contributed by atoms with Crippen LogP contribution in [0.4, 0.5) is 5.69 Å². The molecule has 0 saturated heterocycles. The molecule has 1 N–H and O–H groups in total. The highest BCUT2D eigenvalue weighted by Crippen LogP contribution is 2.17. The summed E-state index contributed by atoms with van der Waals surface area (Å²) < 4.78 is 0. The Morgan fingerprint density at radius 1 is 1.26 bits per heavy atom. The van der Waals surface area contributed by atoms with Crippen LogP contribution in [0.5, 0.6) is 0 Å². The molecule has 0 saturated carbocycles. The minimum Gasteiger partial charge on any atom is -0.379 e. The van der Waals surface area contributed by atoms with Gasteiger partial charge in [-0.15, -0.1) is 0 Å². The molecule has 2 aromatic rings. The third-order valence-corrected chi connectivity index (χ3v) is 2.64. The molecule has 0 aliphatic heterocycles. The van der Waals surface area contributed by atoms with Gasteiger partial charge in [-0.25, -0.2) is 0 Å². The van der Waals surface area contributed by atoms with Crippen LogP contribution in [0.3, 0.4) is 0 Å². The third kappa shape index (κ3) is 3.28. The van der Waals surface area contributed by atoms with Gasteiger partial charge in [0.2, 0.25) is 0 Å². The molecule has 0 unspecified atom stereocenters. The first-order valence-electron chi connectivity index (χ1n) is 5.98. The number of para-hydroxylation sites is 1. The first-order chi connectivity index (χ1) is 9.18. The van der Waals surface area contributed by atoms with Crippen LogP contribution in [-0.4, -0.2) is 34.9 Å². The molecule has 1 aromatic heterocycles. The lowest BCUT2D eigenvalue weighted by Gasteiger charge is -2.15. The van der Waals surface area contributed by atoms with E-state index in [-0.39, 0.29) is 5.91 Å². The monoisotopic (exact) mass is 256 g/mol. The van der Waals surface area contributed by atoms with Gasteiger partial charge in [-0.05, 0) is 12.1 Å². The summed E-state index contributed by atoms with van der Waals surface area (Å²) in [6.07, 6.45) is 4.98. The summed E-state index contributed by atoms with van der Waals surface area (Å²) in [7, 11) is 3.48. The highest BCUT2D eigenvalue weighted by Gasteiger charge is 2.12. The molecule has 2 rings (SSSR count). The highest BCUT2D eigenvalue weighted by atomic mass is 16.2. The van der Waals surface area contributed by atoms with Crippen LogP contribution in [-0.2, 0) is 6.54 Å². The first kappa shape index (κ1) is 13.0. The number of rotatable bonds is 4. The standard InChI is InChI=1S/C14H16N4O/c1-18(2)14(19)12-5-3-4-6-13(12)17-10-11-9-15-7-8-16-11/h3-9,17H,10H2,1-2H3. The maximum Gasteiger partial charge on any atom is 0.255 e. The van der Waals surface area contributed by atoms with Gasteiger partial charge in [0.15, 0.2) is 0 Å². The van der Waals surface area contributed by atoms with E-state index >= 15 is 0 Å². The van der Waals surface area contributed by atoms with Crippen LogP contribution >= 0.6 is 0 Å². The van der Waals surface area contributed by atoms with Crippen LogP contribution in [0.25, 0.3) is 0 Å². The van der Waals surface area contributed by atoms with Crippen LogP contribution in [0, 0.1) is 0 Å². The topological polar surface area (TPSA) is 58.1 Å². The average Bonchev–Trinajstić information content (AvgIpc) is 2.45. The minimum absolute atomic E-state index is 0.0257. The lowest BCUT2D eigenvalue weighted by atomic mass is 10.1. The van der Waals surface area contributed by atoms with Gasteiger partial charge in [0.05, 0.1) is 24.0 Å². The Bertz CT molecular complexity index is 554. The molecular weight excluding hydrogens is 240 g/mol. The number of anilines is 1. The van der Waals surface area contributed by atoms with Crippen molar-refractivity contribution in [2.75, 3.05) is 19.4 Å². The van der Waals surface area contributed by atoms with Gasteiger partial charge in [-0.3, -0.25) is 14.8 Å². The van der Waals surface area contributed by atoms with E-state index in [2.05, 4.69) is 15.3 Å². The van der Waals surface area contributed by atoms with Crippen molar-refractivity contribution in [2.24, 2.45) is 0 Å². The maximum atomic E-state index is 12.0. The molecule has 1 heterocycles. The average molecular weight is 256 g/mol. The Labute approximate surface area is 112 Å². The SMILES string of the molecule is CN(C)C(=O)c1ccccc1NCc1cnccn1. The third-order valence-electron chi connectivity index (χ3n) is 2.64. The number of amides is 1. The van der Waals surface area contributed by atoms with E-state index in [9.17, 15) is 4.79 Å². The van der Waals surface area contributed by atoms with Crippen molar-refractivity contribution < 1.29 is 4.79 Å². The predicted octanol–water partition coefficient (Wildman–Crippen LogP) is 1.79. The molecule has 1 amide bonds.